The molecule has 1 aliphatic carbocycles. The Morgan fingerprint density at radius 3 is 2.12 bits per heavy atom. The molecule has 0 bridgehead atoms. The minimum atomic E-state index is -3.39. The van der Waals surface area contributed by atoms with Gasteiger partial charge in [0.05, 0.1) is 0 Å². The van der Waals surface area contributed by atoms with Crippen molar-refractivity contribution >= 4 is 10.2 Å². The van der Waals surface area contributed by atoms with Gasteiger partial charge in [0.15, 0.2) is 0 Å². The van der Waals surface area contributed by atoms with Crippen LogP contribution in [0.4, 0.5) is 0 Å². The Kier molecular flexibility index (Phi) is 4.95. The van der Waals surface area contributed by atoms with Crippen LogP contribution >= 0.6 is 0 Å². The van der Waals surface area contributed by atoms with Gasteiger partial charge in [-0.1, -0.05) is 0 Å². The second-order valence-corrected chi connectivity index (χ2v) is 7.37. The van der Waals surface area contributed by atoms with Crippen molar-refractivity contribution in [2.75, 3.05) is 6.54 Å². The van der Waals surface area contributed by atoms with Gasteiger partial charge in [-0.25, -0.2) is 0 Å². The molecule has 0 aromatic carbocycles. The van der Waals surface area contributed by atoms with Gasteiger partial charge in [-0.3, -0.25) is 0 Å². The molecule has 5 nitrogen and oxygen atoms in total. The molecule has 4 N–H and O–H groups in total. The van der Waals surface area contributed by atoms with Gasteiger partial charge in [-0.15, -0.1) is 0 Å². The third-order valence-electron chi connectivity index (χ3n) is 2.94. The lowest BCUT2D eigenvalue weighted by Gasteiger charge is -2.29. The first-order chi connectivity index (χ1) is 7.72. The Labute approximate surface area is 105 Å². The van der Waals surface area contributed by atoms with Crippen molar-refractivity contribution < 1.29 is 8.42 Å². The van der Waals surface area contributed by atoms with E-state index in [1.54, 1.807) is 0 Å². The van der Waals surface area contributed by atoms with Gasteiger partial charge in [0, 0.05) is 11.6 Å². The summed E-state index contributed by atoms with van der Waals surface area (Å²) in [5.41, 5.74) is 5.16. The third-order valence-corrected chi connectivity index (χ3v) is 4.47. The van der Waals surface area contributed by atoms with Crippen molar-refractivity contribution in [1.82, 2.24) is 9.44 Å². The van der Waals surface area contributed by atoms with E-state index in [1.807, 2.05) is 20.8 Å². The highest BCUT2D eigenvalue weighted by molar-refractivity contribution is 7.87. The molecule has 1 rings (SSSR count). The molecular weight excluding hydrogens is 238 g/mol. The van der Waals surface area contributed by atoms with Gasteiger partial charge < -0.3 is 5.73 Å². The van der Waals surface area contributed by atoms with E-state index in [0.29, 0.717) is 12.5 Å². The Hall–Kier alpha value is -0.170. The highest BCUT2D eigenvalue weighted by Crippen LogP contribution is 2.23. The minimum Gasteiger partial charge on any atom is -0.330 e. The van der Waals surface area contributed by atoms with Crippen LogP contribution in [0.5, 0.6) is 0 Å². The Balaban J connectivity index is 2.44. The second-order valence-electron chi connectivity index (χ2n) is 5.93. The fraction of sp³-hybridized carbons (Fsp3) is 1.00. The predicted molar refractivity (Wildman–Crippen MR) is 69.7 cm³/mol. The molecule has 0 amide bonds. The van der Waals surface area contributed by atoms with E-state index in [4.69, 9.17) is 5.73 Å². The van der Waals surface area contributed by atoms with Crippen molar-refractivity contribution in [3.8, 4) is 0 Å². The summed E-state index contributed by atoms with van der Waals surface area (Å²) < 4.78 is 29.0. The predicted octanol–water partition coefficient (Wildman–Crippen LogP) is 0.726. The summed E-state index contributed by atoms with van der Waals surface area (Å²) in [6, 6.07) is 0.0534. The largest absolute Gasteiger partial charge is 0.330 e. The van der Waals surface area contributed by atoms with E-state index in [2.05, 4.69) is 9.44 Å². The van der Waals surface area contributed by atoms with Crippen LogP contribution in [-0.2, 0) is 10.2 Å². The van der Waals surface area contributed by atoms with E-state index in [9.17, 15) is 8.42 Å². The molecule has 0 aliphatic heterocycles. The number of nitrogens with two attached hydrogens (primary N) is 1. The van der Waals surface area contributed by atoms with Crippen LogP contribution in [0.25, 0.3) is 0 Å². The fourth-order valence-electron chi connectivity index (χ4n) is 2.17. The number of hydrogen-bond acceptors (Lipinski definition) is 3. The summed E-state index contributed by atoms with van der Waals surface area (Å²) in [5.74, 6) is 0.561. The van der Waals surface area contributed by atoms with Gasteiger partial charge in [0.25, 0.3) is 10.2 Å². The SMILES string of the molecule is CC(C)(C)NS(=O)(=O)NC1CCC(CN)CC1. The highest BCUT2D eigenvalue weighted by Gasteiger charge is 2.26. The minimum absolute atomic E-state index is 0.0534. The maximum Gasteiger partial charge on any atom is 0.277 e. The Morgan fingerprint density at radius 1 is 1.18 bits per heavy atom. The first kappa shape index (κ1) is 14.9. The van der Waals surface area contributed by atoms with Crippen molar-refractivity contribution in [3.63, 3.8) is 0 Å². The van der Waals surface area contributed by atoms with Crippen LogP contribution in [0.1, 0.15) is 46.5 Å². The zero-order valence-electron chi connectivity index (χ0n) is 11.0. The van der Waals surface area contributed by atoms with Gasteiger partial charge in [-0.05, 0) is 58.9 Å². The molecular formula is C11H25N3O2S. The summed E-state index contributed by atoms with van der Waals surface area (Å²) in [4.78, 5) is 0. The van der Waals surface area contributed by atoms with Crippen molar-refractivity contribution in [2.24, 2.45) is 11.7 Å². The number of hydrogen-bond donors (Lipinski definition) is 3. The topological polar surface area (TPSA) is 84.2 Å². The van der Waals surface area contributed by atoms with Crippen LogP contribution < -0.4 is 15.2 Å². The molecule has 0 aromatic rings. The van der Waals surface area contributed by atoms with Crippen molar-refractivity contribution in [3.05, 3.63) is 0 Å². The normalized spacial score (nSPS) is 27.1. The standard InChI is InChI=1S/C11H25N3O2S/c1-11(2,3)14-17(15,16)13-10-6-4-9(8-12)5-7-10/h9-10,13-14H,4-8,12H2,1-3H3. The molecule has 0 spiro atoms. The van der Waals surface area contributed by atoms with Crippen molar-refractivity contribution in [2.45, 2.75) is 58.0 Å². The van der Waals surface area contributed by atoms with Crippen molar-refractivity contribution in [1.29, 1.82) is 0 Å². The highest BCUT2D eigenvalue weighted by atomic mass is 32.2. The zero-order valence-corrected chi connectivity index (χ0v) is 11.8. The fourth-order valence-corrected chi connectivity index (χ4v) is 3.71. The van der Waals surface area contributed by atoms with E-state index in [1.165, 1.54) is 0 Å². The van der Waals surface area contributed by atoms with Crippen LogP contribution in [0.3, 0.4) is 0 Å². The lowest BCUT2D eigenvalue weighted by atomic mass is 9.87. The van der Waals surface area contributed by atoms with E-state index < -0.39 is 15.7 Å². The van der Waals surface area contributed by atoms with Gasteiger partial charge in [-0.2, -0.15) is 17.9 Å². The third kappa shape index (κ3) is 5.81. The van der Waals surface area contributed by atoms with Gasteiger partial charge >= 0.3 is 0 Å². The molecule has 1 fully saturated rings. The summed E-state index contributed by atoms with van der Waals surface area (Å²) >= 11 is 0. The summed E-state index contributed by atoms with van der Waals surface area (Å²) in [6.07, 6.45) is 3.79. The molecule has 0 aromatic heterocycles. The lowest BCUT2D eigenvalue weighted by molar-refractivity contribution is 0.317. The van der Waals surface area contributed by atoms with E-state index in [-0.39, 0.29) is 6.04 Å². The monoisotopic (exact) mass is 263 g/mol. The molecule has 1 aliphatic rings. The van der Waals surface area contributed by atoms with E-state index in [0.717, 1.165) is 25.7 Å². The molecule has 0 radical (unpaired) electrons. The molecule has 0 unspecified atom stereocenters. The molecule has 17 heavy (non-hydrogen) atoms. The summed E-state index contributed by atoms with van der Waals surface area (Å²) in [7, 11) is -3.39. The van der Waals surface area contributed by atoms with Crippen LogP contribution in [-0.4, -0.2) is 26.5 Å². The second kappa shape index (κ2) is 5.65. The van der Waals surface area contributed by atoms with Crippen LogP contribution in [0.2, 0.25) is 0 Å². The maximum absolute atomic E-state index is 11.8. The summed E-state index contributed by atoms with van der Waals surface area (Å²) in [6.45, 7) is 6.20. The van der Waals surface area contributed by atoms with Crippen LogP contribution in [0.15, 0.2) is 0 Å². The zero-order chi connectivity index (χ0) is 13.1. The Bertz CT molecular complexity index is 327. The average Bonchev–Trinajstić information content (AvgIpc) is 2.14. The lowest BCUT2D eigenvalue weighted by Crippen LogP contribution is -2.50. The number of nitrogens with one attached hydrogen (secondary N) is 2. The van der Waals surface area contributed by atoms with E-state index >= 15 is 0 Å². The molecule has 6 heteroatoms. The van der Waals surface area contributed by atoms with Crippen LogP contribution in [0, 0.1) is 5.92 Å². The Morgan fingerprint density at radius 2 is 1.71 bits per heavy atom. The molecule has 102 valence electrons. The molecule has 0 saturated heterocycles. The molecule has 0 heterocycles. The first-order valence-corrected chi connectivity index (χ1v) is 7.71. The smallest absolute Gasteiger partial charge is 0.277 e. The quantitative estimate of drug-likeness (QED) is 0.699. The van der Waals surface area contributed by atoms with Gasteiger partial charge in [0.1, 0.15) is 0 Å². The molecule has 0 atom stereocenters. The average molecular weight is 263 g/mol. The molecule has 1 saturated carbocycles. The number of rotatable bonds is 4. The first-order valence-electron chi connectivity index (χ1n) is 6.23. The maximum atomic E-state index is 11.8. The van der Waals surface area contributed by atoms with Gasteiger partial charge in [0.2, 0.25) is 0 Å². The summed E-state index contributed by atoms with van der Waals surface area (Å²) in [5, 5.41) is 0.